The number of carbonyl (C=O) groups excluding carboxylic acids is 1. The van der Waals surface area contributed by atoms with Gasteiger partial charge in [0.05, 0.1) is 0 Å². The first kappa shape index (κ1) is 11.3. The lowest BCUT2D eigenvalue weighted by molar-refractivity contribution is 0.0958. The Kier molecular flexibility index (Phi) is 3.14. The molecular formula is C10H14N2O3. The third-order valence-corrected chi connectivity index (χ3v) is 2.23. The molecule has 0 fully saturated rings. The molecule has 1 rings (SSSR count). The number of pyridine rings is 1. The molecular weight excluding hydrogens is 196 g/mol. The van der Waals surface area contributed by atoms with Crippen molar-refractivity contribution in [1.82, 2.24) is 9.88 Å². The van der Waals surface area contributed by atoms with Crippen LogP contribution < -0.4 is 10.9 Å². The van der Waals surface area contributed by atoms with Crippen molar-refractivity contribution in [1.29, 1.82) is 0 Å². The van der Waals surface area contributed by atoms with Gasteiger partial charge in [-0.3, -0.25) is 9.59 Å². The maximum Gasteiger partial charge on any atom is 0.267 e. The van der Waals surface area contributed by atoms with E-state index in [0.717, 1.165) is 0 Å². The SMILES string of the molecule is CCn1cc(C)c(O)c(C(=O)NC)c1=O. The normalized spacial score (nSPS) is 10.1. The monoisotopic (exact) mass is 210 g/mol. The zero-order valence-corrected chi connectivity index (χ0v) is 9.00. The Hall–Kier alpha value is -1.78. The number of hydrogen-bond acceptors (Lipinski definition) is 3. The summed E-state index contributed by atoms with van der Waals surface area (Å²) < 4.78 is 1.39. The number of aryl methyl sites for hydroxylation is 2. The van der Waals surface area contributed by atoms with E-state index in [-0.39, 0.29) is 11.3 Å². The van der Waals surface area contributed by atoms with Crippen LogP contribution in [0.1, 0.15) is 22.8 Å². The number of nitrogens with one attached hydrogen (secondary N) is 1. The molecule has 1 heterocycles. The van der Waals surface area contributed by atoms with Crippen LogP contribution in [0.3, 0.4) is 0 Å². The molecule has 5 nitrogen and oxygen atoms in total. The van der Waals surface area contributed by atoms with Crippen molar-refractivity contribution in [2.45, 2.75) is 20.4 Å². The first-order valence-electron chi connectivity index (χ1n) is 4.68. The number of nitrogens with zero attached hydrogens (tertiary/aromatic N) is 1. The Morgan fingerprint density at radius 2 is 2.20 bits per heavy atom. The topological polar surface area (TPSA) is 71.3 Å². The molecule has 82 valence electrons. The lowest BCUT2D eigenvalue weighted by atomic mass is 10.1. The molecule has 0 saturated carbocycles. The molecule has 1 aromatic heterocycles. The van der Waals surface area contributed by atoms with Crippen LogP contribution in [-0.2, 0) is 6.54 Å². The highest BCUT2D eigenvalue weighted by atomic mass is 16.3. The first-order valence-corrected chi connectivity index (χ1v) is 4.68. The molecule has 0 aliphatic heterocycles. The highest BCUT2D eigenvalue weighted by Gasteiger charge is 2.18. The van der Waals surface area contributed by atoms with Crippen molar-refractivity contribution in [3.63, 3.8) is 0 Å². The van der Waals surface area contributed by atoms with E-state index in [1.54, 1.807) is 13.8 Å². The molecule has 0 radical (unpaired) electrons. The highest BCUT2D eigenvalue weighted by Crippen LogP contribution is 2.17. The maximum atomic E-state index is 11.7. The van der Waals surface area contributed by atoms with E-state index in [2.05, 4.69) is 5.32 Å². The number of carbonyl (C=O) groups is 1. The van der Waals surface area contributed by atoms with Crippen LogP contribution >= 0.6 is 0 Å². The standard InChI is InChI=1S/C10H14N2O3/c1-4-12-5-6(2)8(13)7(10(12)15)9(14)11-3/h5,13H,4H2,1-3H3,(H,11,14). The Labute approximate surface area is 87.4 Å². The number of amides is 1. The summed E-state index contributed by atoms with van der Waals surface area (Å²) in [6.45, 7) is 3.91. The van der Waals surface area contributed by atoms with Gasteiger partial charge in [-0.1, -0.05) is 0 Å². The van der Waals surface area contributed by atoms with E-state index in [1.165, 1.54) is 17.8 Å². The van der Waals surface area contributed by atoms with Crippen molar-refractivity contribution in [3.05, 3.63) is 27.7 Å². The summed E-state index contributed by atoms with van der Waals surface area (Å²) in [5, 5.41) is 12.0. The van der Waals surface area contributed by atoms with Gasteiger partial charge in [0, 0.05) is 25.4 Å². The van der Waals surface area contributed by atoms with E-state index in [1.807, 2.05) is 0 Å². The molecule has 2 N–H and O–H groups in total. The molecule has 0 unspecified atom stereocenters. The minimum absolute atomic E-state index is 0.195. The summed E-state index contributed by atoms with van der Waals surface area (Å²) in [6.07, 6.45) is 1.53. The molecule has 1 aromatic rings. The van der Waals surface area contributed by atoms with Gasteiger partial charge >= 0.3 is 0 Å². The van der Waals surface area contributed by atoms with Gasteiger partial charge in [0.1, 0.15) is 11.3 Å². The summed E-state index contributed by atoms with van der Waals surface area (Å²) in [4.78, 5) is 23.1. The van der Waals surface area contributed by atoms with Crippen molar-refractivity contribution in [2.24, 2.45) is 0 Å². The summed E-state index contributed by atoms with van der Waals surface area (Å²) in [7, 11) is 1.42. The van der Waals surface area contributed by atoms with Crippen molar-refractivity contribution in [3.8, 4) is 5.75 Å². The fourth-order valence-corrected chi connectivity index (χ4v) is 1.36. The van der Waals surface area contributed by atoms with E-state index < -0.39 is 11.5 Å². The molecule has 0 aliphatic carbocycles. The second-order valence-corrected chi connectivity index (χ2v) is 3.21. The van der Waals surface area contributed by atoms with Crippen LogP contribution in [-0.4, -0.2) is 22.6 Å². The molecule has 0 bridgehead atoms. The number of aromatic nitrogens is 1. The average Bonchev–Trinajstić information content (AvgIpc) is 2.23. The molecule has 0 saturated heterocycles. The highest BCUT2D eigenvalue weighted by molar-refractivity contribution is 5.96. The van der Waals surface area contributed by atoms with Crippen molar-refractivity contribution >= 4 is 5.91 Å². The van der Waals surface area contributed by atoms with Crippen LogP contribution in [0, 0.1) is 6.92 Å². The summed E-state index contributed by atoms with van der Waals surface area (Å²) in [5.74, 6) is -0.813. The van der Waals surface area contributed by atoms with Gasteiger partial charge in [0.25, 0.3) is 11.5 Å². The van der Waals surface area contributed by atoms with Crippen LogP contribution in [0.4, 0.5) is 0 Å². The smallest absolute Gasteiger partial charge is 0.267 e. The molecule has 5 heteroatoms. The molecule has 0 aliphatic rings. The molecule has 1 amide bonds. The minimum atomic E-state index is -0.566. The van der Waals surface area contributed by atoms with Gasteiger partial charge in [-0.15, -0.1) is 0 Å². The van der Waals surface area contributed by atoms with Crippen LogP contribution in [0.2, 0.25) is 0 Å². The van der Waals surface area contributed by atoms with E-state index >= 15 is 0 Å². The Balaban J connectivity index is 3.55. The third kappa shape index (κ3) is 1.86. The molecule has 0 atom stereocenters. The number of rotatable bonds is 2. The fourth-order valence-electron chi connectivity index (χ4n) is 1.36. The van der Waals surface area contributed by atoms with Gasteiger partial charge in [-0.25, -0.2) is 0 Å². The zero-order chi connectivity index (χ0) is 11.6. The Morgan fingerprint density at radius 1 is 1.60 bits per heavy atom. The maximum absolute atomic E-state index is 11.7. The second-order valence-electron chi connectivity index (χ2n) is 3.21. The predicted octanol–water partition coefficient (Wildman–Crippen LogP) is 0.242. The Morgan fingerprint density at radius 3 is 2.67 bits per heavy atom. The second kappa shape index (κ2) is 4.16. The molecule has 0 aromatic carbocycles. The number of hydrogen-bond donors (Lipinski definition) is 2. The minimum Gasteiger partial charge on any atom is -0.507 e. The van der Waals surface area contributed by atoms with Crippen LogP contribution in [0.15, 0.2) is 11.0 Å². The van der Waals surface area contributed by atoms with Gasteiger partial charge in [-0.2, -0.15) is 0 Å². The van der Waals surface area contributed by atoms with Crippen LogP contribution in [0.5, 0.6) is 5.75 Å². The lowest BCUT2D eigenvalue weighted by Gasteiger charge is -2.09. The van der Waals surface area contributed by atoms with Gasteiger partial charge < -0.3 is 15.0 Å². The fraction of sp³-hybridized carbons (Fsp3) is 0.400. The van der Waals surface area contributed by atoms with Gasteiger partial charge in [0.2, 0.25) is 0 Å². The summed E-state index contributed by atoms with van der Waals surface area (Å²) in [6, 6.07) is 0. The van der Waals surface area contributed by atoms with Gasteiger partial charge in [-0.05, 0) is 13.8 Å². The van der Waals surface area contributed by atoms with E-state index in [4.69, 9.17) is 0 Å². The predicted molar refractivity (Wildman–Crippen MR) is 56.2 cm³/mol. The third-order valence-electron chi connectivity index (χ3n) is 2.23. The summed E-state index contributed by atoms with van der Waals surface area (Å²) in [5.41, 5.74) is -0.158. The largest absolute Gasteiger partial charge is 0.507 e. The molecule has 15 heavy (non-hydrogen) atoms. The molecule has 0 spiro atoms. The summed E-state index contributed by atoms with van der Waals surface area (Å²) >= 11 is 0. The van der Waals surface area contributed by atoms with Gasteiger partial charge in [0.15, 0.2) is 0 Å². The van der Waals surface area contributed by atoms with Crippen LogP contribution in [0.25, 0.3) is 0 Å². The Bertz CT molecular complexity index is 449. The number of aromatic hydroxyl groups is 1. The zero-order valence-electron chi connectivity index (χ0n) is 9.00. The quantitative estimate of drug-likeness (QED) is 0.734. The van der Waals surface area contributed by atoms with Crippen molar-refractivity contribution in [2.75, 3.05) is 7.05 Å². The van der Waals surface area contributed by atoms with E-state index in [9.17, 15) is 14.7 Å². The van der Waals surface area contributed by atoms with Crippen molar-refractivity contribution < 1.29 is 9.90 Å². The lowest BCUT2D eigenvalue weighted by Crippen LogP contribution is -2.31. The first-order chi connectivity index (χ1) is 7.02. The van der Waals surface area contributed by atoms with E-state index in [0.29, 0.717) is 12.1 Å². The average molecular weight is 210 g/mol.